The van der Waals surface area contributed by atoms with Gasteiger partial charge in [-0.05, 0) is 58.0 Å². The molecule has 8 heteroatoms. The van der Waals surface area contributed by atoms with Gasteiger partial charge < -0.3 is 23.4 Å². The molecule has 0 spiro atoms. The van der Waals surface area contributed by atoms with E-state index in [1.807, 2.05) is 27.7 Å². The lowest BCUT2D eigenvalue weighted by molar-refractivity contribution is -0.176. The summed E-state index contributed by atoms with van der Waals surface area (Å²) in [6.45, 7) is 23.0. The van der Waals surface area contributed by atoms with Gasteiger partial charge in [-0.2, -0.15) is 0 Å². The number of nitrogens with zero attached hydrogens (tertiary/aromatic N) is 1. The van der Waals surface area contributed by atoms with Crippen molar-refractivity contribution in [1.82, 2.24) is 0 Å². The van der Waals surface area contributed by atoms with E-state index in [2.05, 4.69) is 50.6 Å². The van der Waals surface area contributed by atoms with E-state index in [0.29, 0.717) is 6.61 Å². The van der Waals surface area contributed by atoms with E-state index < -0.39 is 32.1 Å². The van der Waals surface area contributed by atoms with E-state index in [1.165, 1.54) is 0 Å². The van der Waals surface area contributed by atoms with Crippen molar-refractivity contribution in [2.24, 2.45) is 4.99 Å². The average Bonchev–Trinajstić information content (AvgIpc) is 3.08. The first-order valence-corrected chi connectivity index (χ1v) is 13.5. The molecule has 2 saturated heterocycles. The van der Waals surface area contributed by atoms with Gasteiger partial charge in [-0.25, -0.2) is 4.99 Å². The lowest BCUT2D eigenvalue weighted by Gasteiger charge is -2.43. The first-order chi connectivity index (χ1) is 13.1. The summed E-state index contributed by atoms with van der Waals surface area (Å²) in [5.74, 6) is -1.47. The Morgan fingerprint density at radius 2 is 1.72 bits per heavy atom. The molecule has 0 aromatic heterocycles. The van der Waals surface area contributed by atoms with Gasteiger partial charge in [0.2, 0.25) is 0 Å². The van der Waals surface area contributed by atoms with Crippen LogP contribution in [-0.4, -0.2) is 62.1 Å². The van der Waals surface area contributed by atoms with Crippen molar-refractivity contribution in [2.45, 2.75) is 109 Å². The largest absolute Gasteiger partial charge is 0.408 e. The summed E-state index contributed by atoms with van der Waals surface area (Å²) in [6, 6.07) is -0.389. The molecule has 0 aromatic rings. The molecular formula is C21H37NO5SSi. The third-order valence-electron chi connectivity index (χ3n) is 5.90. The van der Waals surface area contributed by atoms with Gasteiger partial charge in [-0.1, -0.05) is 26.8 Å². The Kier molecular flexibility index (Phi) is 7.36. The maximum atomic E-state index is 6.87. The van der Waals surface area contributed by atoms with Crippen molar-refractivity contribution < 1.29 is 23.4 Å². The van der Waals surface area contributed by atoms with E-state index in [1.54, 1.807) is 6.08 Å². The summed E-state index contributed by atoms with van der Waals surface area (Å²) in [5.41, 5.74) is 0. The zero-order valence-corrected chi connectivity index (χ0v) is 21.1. The highest BCUT2D eigenvalue weighted by molar-refractivity contribution is 7.78. The lowest BCUT2D eigenvalue weighted by atomic mass is 9.98. The van der Waals surface area contributed by atoms with Crippen molar-refractivity contribution in [2.75, 3.05) is 6.61 Å². The maximum absolute atomic E-state index is 6.87. The molecule has 0 N–H and O–H groups in total. The topological polar surface area (TPSA) is 58.5 Å². The molecule has 6 nitrogen and oxygen atoms in total. The molecule has 2 rings (SSSR count). The Morgan fingerprint density at radius 3 is 2.17 bits per heavy atom. The molecule has 0 aromatic carbocycles. The number of thiocarbonyl (C=S) groups is 1. The minimum absolute atomic E-state index is 0.0229. The summed E-state index contributed by atoms with van der Waals surface area (Å²) in [7, 11) is -2.15. The maximum Gasteiger partial charge on any atom is 0.192 e. The first kappa shape index (κ1) is 24.8. The summed E-state index contributed by atoms with van der Waals surface area (Å²) in [4.78, 5) is 4.25. The molecule has 0 amide bonds. The smallest absolute Gasteiger partial charge is 0.192 e. The van der Waals surface area contributed by atoms with Crippen molar-refractivity contribution in [1.29, 1.82) is 0 Å². The van der Waals surface area contributed by atoms with Crippen molar-refractivity contribution >= 4 is 25.7 Å². The summed E-state index contributed by atoms with van der Waals surface area (Å²) >= 11 is 4.84. The molecule has 0 unspecified atom stereocenters. The summed E-state index contributed by atoms with van der Waals surface area (Å²) < 4.78 is 31.5. The van der Waals surface area contributed by atoms with Crippen LogP contribution in [0.1, 0.15) is 48.5 Å². The zero-order chi connectivity index (χ0) is 22.3. The van der Waals surface area contributed by atoms with E-state index in [9.17, 15) is 0 Å². The van der Waals surface area contributed by atoms with Crippen molar-refractivity contribution in [3.05, 3.63) is 12.7 Å². The molecule has 5 atom stereocenters. The van der Waals surface area contributed by atoms with Gasteiger partial charge in [-0.15, -0.1) is 6.58 Å². The van der Waals surface area contributed by atoms with E-state index >= 15 is 0 Å². The molecule has 2 aliphatic heterocycles. The van der Waals surface area contributed by atoms with Gasteiger partial charge in [-0.3, -0.25) is 0 Å². The summed E-state index contributed by atoms with van der Waals surface area (Å²) in [6.07, 6.45) is 0.205. The second-order valence-corrected chi connectivity index (χ2v) is 15.2. The van der Waals surface area contributed by atoms with Crippen LogP contribution in [0.5, 0.6) is 0 Å². The number of aliphatic imine (C=N–C) groups is 1. The highest BCUT2D eigenvalue weighted by atomic mass is 32.1. The first-order valence-electron chi connectivity index (χ1n) is 10.2. The second-order valence-electron chi connectivity index (χ2n) is 10.2. The van der Waals surface area contributed by atoms with Crippen molar-refractivity contribution in [3.8, 4) is 0 Å². The Hall–Kier alpha value is -0.443. The van der Waals surface area contributed by atoms with E-state index in [-0.39, 0.29) is 23.3 Å². The number of isothiocyanates is 1. The predicted octanol–water partition coefficient (Wildman–Crippen LogP) is 4.71. The van der Waals surface area contributed by atoms with Crippen LogP contribution in [0.25, 0.3) is 0 Å². The standard InChI is InChI=1S/C21H37NO5SSi/c1-11-14(22-13-28)16-18(26-21(7,8)25-16)17(15-12-23-20(5,6)24-15)27-29(9,10)19(2,3)4/h11,14-18H,1,12H2,2-10H3/t14-,15+,16+,17+,18+/m0/s1. The molecule has 2 heterocycles. The second kappa shape index (κ2) is 8.59. The average molecular weight is 444 g/mol. The van der Waals surface area contributed by atoms with Crippen LogP contribution in [0.15, 0.2) is 17.6 Å². The fraction of sp³-hybridized carbons (Fsp3) is 0.857. The van der Waals surface area contributed by atoms with Gasteiger partial charge in [0.05, 0.1) is 11.8 Å². The highest BCUT2D eigenvalue weighted by Gasteiger charge is 2.55. The van der Waals surface area contributed by atoms with Gasteiger partial charge in [0.15, 0.2) is 19.9 Å². The molecule has 29 heavy (non-hydrogen) atoms. The Bertz CT molecular complexity index is 654. The summed E-state index contributed by atoms with van der Waals surface area (Å²) in [5, 5.41) is 2.47. The Labute approximate surface area is 182 Å². The van der Waals surface area contributed by atoms with Crippen LogP contribution in [-0.2, 0) is 23.4 Å². The van der Waals surface area contributed by atoms with Crippen LogP contribution in [0.2, 0.25) is 18.1 Å². The van der Waals surface area contributed by atoms with Crippen LogP contribution >= 0.6 is 12.2 Å². The number of hydrogen-bond donors (Lipinski definition) is 0. The molecule has 166 valence electrons. The van der Waals surface area contributed by atoms with E-state index in [4.69, 9.17) is 35.6 Å². The fourth-order valence-electron chi connectivity index (χ4n) is 3.41. The Morgan fingerprint density at radius 1 is 1.14 bits per heavy atom. The lowest BCUT2D eigenvalue weighted by Crippen LogP contribution is -2.55. The monoisotopic (exact) mass is 443 g/mol. The molecule has 0 aliphatic carbocycles. The van der Waals surface area contributed by atoms with Crippen LogP contribution in [0, 0.1) is 0 Å². The van der Waals surface area contributed by atoms with Crippen LogP contribution < -0.4 is 0 Å². The number of hydrogen-bond acceptors (Lipinski definition) is 7. The molecule has 0 radical (unpaired) electrons. The van der Waals surface area contributed by atoms with Crippen LogP contribution in [0.4, 0.5) is 0 Å². The normalized spacial score (nSPS) is 31.1. The van der Waals surface area contributed by atoms with Crippen LogP contribution in [0.3, 0.4) is 0 Å². The fourth-order valence-corrected chi connectivity index (χ4v) is 4.85. The van der Waals surface area contributed by atoms with Gasteiger partial charge >= 0.3 is 0 Å². The minimum Gasteiger partial charge on any atom is -0.408 e. The van der Waals surface area contributed by atoms with Gasteiger partial charge in [0.25, 0.3) is 0 Å². The molecule has 0 bridgehead atoms. The number of rotatable bonds is 7. The number of ether oxygens (including phenoxy) is 4. The minimum atomic E-state index is -2.15. The SMILES string of the molecule is C=C[C@H](N=C=S)[C@H]1OC(C)(C)O[C@H]1[C@H](O[Si](C)(C)C(C)(C)C)[C@H]1COC(C)(C)O1. The quantitative estimate of drug-likeness (QED) is 0.246. The Balaban J connectivity index is 2.44. The van der Waals surface area contributed by atoms with E-state index in [0.717, 1.165) is 0 Å². The molecular weight excluding hydrogens is 406 g/mol. The molecule has 0 saturated carbocycles. The zero-order valence-electron chi connectivity index (χ0n) is 19.3. The third-order valence-corrected chi connectivity index (χ3v) is 10.5. The highest BCUT2D eigenvalue weighted by Crippen LogP contribution is 2.43. The van der Waals surface area contributed by atoms with Crippen molar-refractivity contribution in [3.63, 3.8) is 0 Å². The molecule has 2 fully saturated rings. The third kappa shape index (κ3) is 5.83. The predicted molar refractivity (Wildman–Crippen MR) is 120 cm³/mol. The van der Waals surface area contributed by atoms with Gasteiger partial charge in [0.1, 0.15) is 30.5 Å². The van der Waals surface area contributed by atoms with Gasteiger partial charge in [0, 0.05) is 0 Å². The molecule has 2 aliphatic rings.